The molecule has 29 heavy (non-hydrogen) atoms. The van der Waals surface area contributed by atoms with Crippen molar-refractivity contribution in [2.75, 3.05) is 0 Å². The predicted molar refractivity (Wildman–Crippen MR) is 113 cm³/mol. The van der Waals surface area contributed by atoms with Crippen molar-refractivity contribution in [1.82, 2.24) is 20.2 Å². The number of rotatable bonds is 6. The smallest absolute Gasteiger partial charge is 0.255 e. The van der Waals surface area contributed by atoms with Crippen LogP contribution in [0.5, 0.6) is 0 Å². The van der Waals surface area contributed by atoms with Crippen molar-refractivity contribution in [2.45, 2.75) is 40.4 Å². The number of fused-ring (bicyclic) bond motifs is 1. The summed E-state index contributed by atoms with van der Waals surface area (Å²) in [5.41, 5.74) is 6.69. The molecule has 0 saturated heterocycles. The van der Waals surface area contributed by atoms with Gasteiger partial charge in [-0.3, -0.25) is 4.79 Å². The fraction of sp³-hybridized carbons (Fsp3) is 0.261. The Morgan fingerprint density at radius 2 is 1.79 bits per heavy atom. The summed E-state index contributed by atoms with van der Waals surface area (Å²) in [5, 5.41) is 12.0. The van der Waals surface area contributed by atoms with E-state index in [4.69, 9.17) is 4.63 Å². The molecule has 4 rings (SSSR count). The zero-order valence-corrected chi connectivity index (χ0v) is 16.9. The zero-order valence-electron chi connectivity index (χ0n) is 16.9. The second-order valence-corrected chi connectivity index (χ2v) is 7.45. The Kier molecular flexibility index (Phi) is 5.27. The minimum absolute atomic E-state index is 0.0205. The van der Waals surface area contributed by atoms with E-state index in [-0.39, 0.29) is 5.56 Å². The highest BCUT2D eigenvalue weighted by molar-refractivity contribution is 5.80. The summed E-state index contributed by atoms with van der Waals surface area (Å²) >= 11 is 0. The average molecular weight is 388 g/mol. The first kappa shape index (κ1) is 19.1. The van der Waals surface area contributed by atoms with Gasteiger partial charge in [-0.05, 0) is 55.5 Å². The standard InChI is InChI=1S/C23H24N4O2/c1-15-8-9-22-19(10-15)11-20(12-24-13-21-17(3)25-29-26-21)23(28)27(22)14-18-7-5-4-6-16(18)2/h4-11,24H,12-14H2,1-3H3. The summed E-state index contributed by atoms with van der Waals surface area (Å²) in [7, 11) is 0. The normalized spacial score (nSPS) is 11.3. The van der Waals surface area contributed by atoms with E-state index in [1.807, 2.05) is 41.8 Å². The van der Waals surface area contributed by atoms with Crippen LogP contribution >= 0.6 is 0 Å². The molecule has 2 heterocycles. The molecule has 0 atom stereocenters. The van der Waals surface area contributed by atoms with Gasteiger partial charge in [0.1, 0.15) is 11.4 Å². The molecule has 4 aromatic rings. The molecular formula is C23H24N4O2. The second-order valence-electron chi connectivity index (χ2n) is 7.45. The van der Waals surface area contributed by atoms with Crippen LogP contribution < -0.4 is 10.9 Å². The van der Waals surface area contributed by atoms with E-state index < -0.39 is 0 Å². The van der Waals surface area contributed by atoms with Crippen LogP contribution in [0.4, 0.5) is 0 Å². The minimum atomic E-state index is 0.0205. The number of hydrogen-bond donors (Lipinski definition) is 1. The van der Waals surface area contributed by atoms with Gasteiger partial charge in [-0.15, -0.1) is 0 Å². The van der Waals surface area contributed by atoms with Gasteiger partial charge < -0.3 is 9.88 Å². The van der Waals surface area contributed by atoms with Gasteiger partial charge in [0.2, 0.25) is 0 Å². The quantitative estimate of drug-likeness (QED) is 0.546. The molecular weight excluding hydrogens is 364 g/mol. The molecule has 0 fully saturated rings. The third kappa shape index (κ3) is 3.98. The highest BCUT2D eigenvalue weighted by atomic mass is 16.6. The van der Waals surface area contributed by atoms with Gasteiger partial charge in [-0.2, -0.15) is 0 Å². The van der Waals surface area contributed by atoms with Crippen LogP contribution in [0, 0.1) is 20.8 Å². The lowest BCUT2D eigenvalue weighted by Gasteiger charge is -2.15. The SMILES string of the molecule is Cc1ccc2c(c1)cc(CNCc1nonc1C)c(=O)n2Cc1ccccc1C. The third-order valence-corrected chi connectivity index (χ3v) is 5.27. The second kappa shape index (κ2) is 8.01. The topological polar surface area (TPSA) is 73.0 Å². The van der Waals surface area contributed by atoms with E-state index in [2.05, 4.69) is 47.7 Å². The van der Waals surface area contributed by atoms with E-state index >= 15 is 0 Å². The fourth-order valence-corrected chi connectivity index (χ4v) is 3.53. The molecule has 6 nitrogen and oxygen atoms in total. The molecule has 0 radical (unpaired) electrons. The number of benzene rings is 2. The van der Waals surface area contributed by atoms with E-state index in [0.717, 1.165) is 33.4 Å². The molecule has 2 aromatic carbocycles. The van der Waals surface area contributed by atoms with Crippen LogP contribution in [0.25, 0.3) is 10.9 Å². The molecule has 6 heteroatoms. The lowest BCUT2D eigenvalue weighted by Crippen LogP contribution is -2.28. The highest BCUT2D eigenvalue weighted by Crippen LogP contribution is 2.18. The molecule has 0 aliphatic rings. The maximum Gasteiger partial charge on any atom is 0.255 e. The van der Waals surface area contributed by atoms with Gasteiger partial charge >= 0.3 is 0 Å². The molecule has 0 spiro atoms. The van der Waals surface area contributed by atoms with Crippen LogP contribution in [0.1, 0.15) is 33.6 Å². The van der Waals surface area contributed by atoms with Crippen LogP contribution in [-0.2, 0) is 19.6 Å². The Balaban J connectivity index is 1.71. The molecule has 0 aliphatic carbocycles. The Morgan fingerprint density at radius 1 is 0.966 bits per heavy atom. The average Bonchev–Trinajstić information content (AvgIpc) is 3.11. The number of nitrogens with zero attached hydrogens (tertiary/aromatic N) is 3. The maximum absolute atomic E-state index is 13.3. The predicted octanol–water partition coefficient (Wildman–Crippen LogP) is 3.65. The van der Waals surface area contributed by atoms with Crippen molar-refractivity contribution < 1.29 is 4.63 Å². The van der Waals surface area contributed by atoms with Gasteiger partial charge in [0.15, 0.2) is 0 Å². The maximum atomic E-state index is 13.3. The molecule has 0 aliphatic heterocycles. The summed E-state index contributed by atoms with van der Waals surface area (Å²) in [6.07, 6.45) is 0. The van der Waals surface area contributed by atoms with E-state index in [1.54, 1.807) is 0 Å². The Bertz CT molecular complexity index is 1220. The first-order valence-electron chi connectivity index (χ1n) is 9.69. The molecule has 0 amide bonds. The molecule has 2 aromatic heterocycles. The Morgan fingerprint density at radius 3 is 2.55 bits per heavy atom. The number of pyridine rings is 1. The monoisotopic (exact) mass is 388 g/mol. The number of hydrogen-bond acceptors (Lipinski definition) is 5. The number of nitrogens with one attached hydrogen (secondary N) is 1. The molecule has 0 saturated carbocycles. The lowest BCUT2D eigenvalue weighted by molar-refractivity contribution is 0.300. The first-order valence-corrected chi connectivity index (χ1v) is 9.69. The summed E-state index contributed by atoms with van der Waals surface area (Å²) in [6.45, 7) is 7.48. The lowest BCUT2D eigenvalue weighted by atomic mass is 10.1. The van der Waals surface area contributed by atoms with Crippen LogP contribution in [0.2, 0.25) is 0 Å². The Labute approximate surface area is 169 Å². The van der Waals surface area contributed by atoms with Gasteiger partial charge in [-0.1, -0.05) is 46.2 Å². The van der Waals surface area contributed by atoms with Crippen LogP contribution in [-0.4, -0.2) is 14.9 Å². The van der Waals surface area contributed by atoms with E-state index in [1.165, 1.54) is 11.1 Å². The van der Waals surface area contributed by atoms with Gasteiger partial charge in [-0.25, -0.2) is 4.63 Å². The molecule has 0 bridgehead atoms. The number of aromatic nitrogens is 3. The van der Waals surface area contributed by atoms with Crippen molar-refractivity contribution in [3.63, 3.8) is 0 Å². The van der Waals surface area contributed by atoms with Gasteiger partial charge in [0.05, 0.1) is 12.1 Å². The summed E-state index contributed by atoms with van der Waals surface area (Å²) in [6, 6.07) is 16.4. The summed E-state index contributed by atoms with van der Waals surface area (Å²) in [5.74, 6) is 0. The summed E-state index contributed by atoms with van der Waals surface area (Å²) < 4.78 is 6.61. The van der Waals surface area contributed by atoms with Crippen molar-refractivity contribution >= 4 is 10.9 Å². The van der Waals surface area contributed by atoms with Gasteiger partial charge in [0, 0.05) is 18.7 Å². The van der Waals surface area contributed by atoms with Crippen molar-refractivity contribution in [1.29, 1.82) is 0 Å². The van der Waals surface area contributed by atoms with Crippen molar-refractivity contribution in [3.8, 4) is 0 Å². The highest BCUT2D eigenvalue weighted by Gasteiger charge is 2.12. The molecule has 0 unspecified atom stereocenters. The third-order valence-electron chi connectivity index (χ3n) is 5.27. The Hall–Kier alpha value is -3.25. The number of aryl methyl sites for hydroxylation is 3. The molecule has 1 N–H and O–H groups in total. The van der Waals surface area contributed by atoms with Crippen molar-refractivity contribution in [2.24, 2.45) is 0 Å². The van der Waals surface area contributed by atoms with Crippen LogP contribution in [0.3, 0.4) is 0 Å². The van der Waals surface area contributed by atoms with Crippen molar-refractivity contribution in [3.05, 3.63) is 92.5 Å². The molecule has 148 valence electrons. The first-order chi connectivity index (χ1) is 14.0. The van der Waals surface area contributed by atoms with Crippen LogP contribution in [0.15, 0.2) is 58.0 Å². The van der Waals surface area contributed by atoms with E-state index in [0.29, 0.717) is 19.6 Å². The zero-order chi connectivity index (χ0) is 20.4. The summed E-state index contributed by atoms with van der Waals surface area (Å²) in [4.78, 5) is 13.3. The van der Waals surface area contributed by atoms with Gasteiger partial charge in [0.25, 0.3) is 5.56 Å². The largest absolute Gasteiger partial charge is 0.307 e. The minimum Gasteiger partial charge on any atom is -0.307 e. The fourth-order valence-electron chi connectivity index (χ4n) is 3.53. The van der Waals surface area contributed by atoms with E-state index in [9.17, 15) is 4.79 Å².